The Morgan fingerprint density at radius 2 is 1.73 bits per heavy atom. The minimum Gasteiger partial charge on any atom is -0.326 e. The van der Waals surface area contributed by atoms with Gasteiger partial charge >= 0.3 is 0 Å². The fourth-order valence-electron chi connectivity index (χ4n) is 2.33. The normalized spacial score (nSPS) is 12.0. The molecule has 4 heteroatoms. The zero-order valence-corrected chi connectivity index (χ0v) is 13.8. The van der Waals surface area contributed by atoms with Gasteiger partial charge in [-0.3, -0.25) is 4.79 Å². The van der Waals surface area contributed by atoms with E-state index in [2.05, 4.69) is 36.5 Å². The largest absolute Gasteiger partial charge is 0.326 e. The van der Waals surface area contributed by atoms with Crippen LogP contribution in [-0.4, -0.2) is 19.5 Å². The highest BCUT2D eigenvalue weighted by Gasteiger charge is 2.12. The molecule has 22 heavy (non-hydrogen) atoms. The lowest BCUT2D eigenvalue weighted by Crippen LogP contribution is -3.08. The first kappa shape index (κ1) is 16.5. The third-order valence-electron chi connectivity index (χ3n) is 3.55. The molecule has 0 aliphatic carbocycles. The van der Waals surface area contributed by atoms with Gasteiger partial charge in [0.05, 0.1) is 17.8 Å². The van der Waals surface area contributed by atoms with Crippen LogP contribution in [0.25, 0.3) is 0 Å². The van der Waals surface area contributed by atoms with Gasteiger partial charge in [-0.2, -0.15) is 0 Å². The Bertz CT molecular complexity index is 625. The summed E-state index contributed by atoms with van der Waals surface area (Å²) in [7, 11) is 2.01. The third kappa shape index (κ3) is 4.86. The molecule has 1 unspecified atom stereocenters. The van der Waals surface area contributed by atoms with Crippen molar-refractivity contribution in [1.29, 1.82) is 0 Å². The molecule has 0 heterocycles. The molecule has 0 aliphatic heterocycles. The van der Waals surface area contributed by atoms with Crippen LogP contribution in [-0.2, 0) is 17.8 Å². The topological polar surface area (TPSA) is 33.5 Å². The lowest BCUT2D eigenvalue weighted by atomic mass is 10.1. The van der Waals surface area contributed by atoms with Crippen LogP contribution in [0.5, 0.6) is 0 Å². The summed E-state index contributed by atoms with van der Waals surface area (Å²) in [4.78, 5) is 13.2. The van der Waals surface area contributed by atoms with E-state index in [1.807, 2.05) is 19.2 Å². The summed E-state index contributed by atoms with van der Waals surface area (Å²) in [5.74, 6) is -0.0317. The number of carbonyl (C=O) groups excluding carboxylic acids is 1. The predicted octanol–water partition coefficient (Wildman–Crippen LogP) is 2.56. The highest BCUT2D eigenvalue weighted by atomic mass is 35.5. The average molecular weight is 318 g/mol. The van der Waals surface area contributed by atoms with E-state index in [-0.39, 0.29) is 5.91 Å². The quantitative estimate of drug-likeness (QED) is 0.843. The number of likely N-dealkylation sites (N-methyl/N-ethyl adjacent to an activating group) is 1. The number of amides is 1. The van der Waals surface area contributed by atoms with Gasteiger partial charge in [-0.1, -0.05) is 54.9 Å². The van der Waals surface area contributed by atoms with Gasteiger partial charge in [-0.25, -0.2) is 0 Å². The van der Waals surface area contributed by atoms with Crippen LogP contribution >= 0.6 is 11.6 Å². The highest BCUT2D eigenvalue weighted by molar-refractivity contribution is 6.33. The van der Waals surface area contributed by atoms with Crippen LogP contribution in [0.3, 0.4) is 0 Å². The number of aryl methyl sites for hydroxylation is 1. The SMILES string of the molecule is CCc1ccc(C[NH+](C)CC(=O)Nc2ccccc2Cl)cc1. The van der Waals surface area contributed by atoms with Crippen LogP contribution in [0.15, 0.2) is 48.5 Å². The molecule has 0 bridgehead atoms. The van der Waals surface area contributed by atoms with Crippen LogP contribution in [0.4, 0.5) is 5.69 Å². The fraction of sp³-hybridized carbons (Fsp3) is 0.278. The Hall–Kier alpha value is -1.84. The van der Waals surface area contributed by atoms with Crippen molar-refractivity contribution in [3.05, 3.63) is 64.7 Å². The molecular formula is C18H22ClN2O+. The summed E-state index contributed by atoms with van der Waals surface area (Å²) in [6, 6.07) is 15.8. The van der Waals surface area contributed by atoms with Gasteiger partial charge in [-0.15, -0.1) is 0 Å². The fourth-order valence-corrected chi connectivity index (χ4v) is 2.52. The molecule has 0 aliphatic rings. The molecule has 0 saturated heterocycles. The van der Waals surface area contributed by atoms with Crippen molar-refractivity contribution in [3.8, 4) is 0 Å². The number of quaternary nitrogens is 1. The summed E-state index contributed by atoms with van der Waals surface area (Å²) in [5, 5.41) is 3.41. The van der Waals surface area contributed by atoms with Crippen molar-refractivity contribution in [2.24, 2.45) is 0 Å². The van der Waals surface area contributed by atoms with Crippen molar-refractivity contribution in [2.45, 2.75) is 19.9 Å². The van der Waals surface area contributed by atoms with Crippen LogP contribution in [0.1, 0.15) is 18.1 Å². The number of para-hydroxylation sites is 1. The molecule has 2 rings (SSSR count). The van der Waals surface area contributed by atoms with E-state index in [9.17, 15) is 4.79 Å². The van der Waals surface area contributed by atoms with Crippen molar-refractivity contribution in [1.82, 2.24) is 0 Å². The van der Waals surface area contributed by atoms with Gasteiger partial charge in [0.25, 0.3) is 5.91 Å². The molecule has 2 N–H and O–H groups in total. The Morgan fingerprint density at radius 3 is 2.36 bits per heavy atom. The first-order valence-corrected chi connectivity index (χ1v) is 7.89. The molecule has 2 aromatic carbocycles. The summed E-state index contributed by atoms with van der Waals surface area (Å²) in [6.07, 6.45) is 1.04. The standard InChI is InChI=1S/C18H21ClN2O/c1-3-14-8-10-15(11-9-14)12-21(2)13-18(22)20-17-7-5-4-6-16(17)19/h4-11H,3,12-13H2,1-2H3,(H,20,22)/p+1. The Kier molecular flexibility index (Phi) is 5.99. The van der Waals surface area contributed by atoms with Crippen LogP contribution < -0.4 is 10.2 Å². The molecule has 3 nitrogen and oxygen atoms in total. The van der Waals surface area contributed by atoms with Gasteiger partial charge in [-0.05, 0) is 24.1 Å². The second kappa shape index (κ2) is 7.97. The second-order valence-corrected chi connectivity index (χ2v) is 5.92. The first-order chi connectivity index (χ1) is 10.6. The number of anilines is 1. The summed E-state index contributed by atoms with van der Waals surface area (Å²) < 4.78 is 0. The number of halogens is 1. The van der Waals surface area contributed by atoms with E-state index < -0.39 is 0 Å². The minimum absolute atomic E-state index is 0.0317. The number of nitrogens with one attached hydrogen (secondary N) is 2. The Morgan fingerprint density at radius 1 is 1.09 bits per heavy atom. The lowest BCUT2D eigenvalue weighted by molar-refractivity contribution is -0.885. The van der Waals surface area contributed by atoms with E-state index in [0.29, 0.717) is 17.3 Å². The lowest BCUT2D eigenvalue weighted by Gasteiger charge is -2.14. The van der Waals surface area contributed by atoms with Crippen molar-refractivity contribution in [2.75, 3.05) is 18.9 Å². The molecule has 0 aromatic heterocycles. The maximum Gasteiger partial charge on any atom is 0.279 e. The molecule has 116 valence electrons. The number of hydrogen-bond donors (Lipinski definition) is 2. The van der Waals surface area contributed by atoms with Gasteiger partial charge in [0.15, 0.2) is 6.54 Å². The maximum atomic E-state index is 12.1. The molecule has 1 atom stereocenters. The van der Waals surface area contributed by atoms with Gasteiger partial charge in [0, 0.05) is 5.56 Å². The predicted molar refractivity (Wildman–Crippen MR) is 91.4 cm³/mol. The van der Waals surface area contributed by atoms with Gasteiger partial charge in [0.1, 0.15) is 6.54 Å². The highest BCUT2D eigenvalue weighted by Crippen LogP contribution is 2.19. The van der Waals surface area contributed by atoms with Crippen LogP contribution in [0.2, 0.25) is 5.02 Å². The van der Waals surface area contributed by atoms with E-state index in [0.717, 1.165) is 17.9 Å². The summed E-state index contributed by atoms with van der Waals surface area (Å²) >= 11 is 6.04. The maximum absolute atomic E-state index is 12.1. The average Bonchev–Trinajstić information content (AvgIpc) is 2.50. The number of carbonyl (C=O) groups is 1. The molecule has 1 amide bonds. The van der Waals surface area contributed by atoms with E-state index in [4.69, 9.17) is 11.6 Å². The van der Waals surface area contributed by atoms with Gasteiger partial charge in [0.2, 0.25) is 0 Å². The van der Waals surface area contributed by atoms with E-state index in [1.54, 1.807) is 12.1 Å². The van der Waals surface area contributed by atoms with Crippen molar-refractivity contribution in [3.63, 3.8) is 0 Å². The molecule has 0 saturated carbocycles. The molecule has 2 aromatic rings. The summed E-state index contributed by atoms with van der Waals surface area (Å²) in [6.45, 7) is 3.37. The third-order valence-corrected chi connectivity index (χ3v) is 3.88. The van der Waals surface area contributed by atoms with E-state index >= 15 is 0 Å². The Labute approximate surface area is 136 Å². The van der Waals surface area contributed by atoms with Crippen molar-refractivity contribution < 1.29 is 9.69 Å². The van der Waals surface area contributed by atoms with Gasteiger partial charge < -0.3 is 10.2 Å². The minimum atomic E-state index is -0.0317. The van der Waals surface area contributed by atoms with E-state index in [1.165, 1.54) is 11.1 Å². The van der Waals surface area contributed by atoms with Crippen LogP contribution in [0, 0.1) is 0 Å². The monoisotopic (exact) mass is 317 g/mol. The second-order valence-electron chi connectivity index (χ2n) is 5.51. The number of rotatable bonds is 6. The first-order valence-electron chi connectivity index (χ1n) is 7.52. The molecule has 0 spiro atoms. The zero-order chi connectivity index (χ0) is 15.9. The molecule has 0 radical (unpaired) electrons. The number of hydrogen-bond acceptors (Lipinski definition) is 1. The molecule has 0 fully saturated rings. The zero-order valence-electron chi connectivity index (χ0n) is 13.0. The van der Waals surface area contributed by atoms with Crippen molar-refractivity contribution >= 4 is 23.2 Å². The number of benzene rings is 2. The molecular weight excluding hydrogens is 296 g/mol. The smallest absolute Gasteiger partial charge is 0.279 e. The Balaban J connectivity index is 1.87. The summed E-state index contributed by atoms with van der Waals surface area (Å²) in [5.41, 5.74) is 3.23.